The maximum atomic E-state index is 12.0. The van der Waals surface area contributed by atoms with Crippen LogP contribution in [0.1, 0.15) is 25.5 Å². The molecule has 0 spiro atoms. The van der Waals surface area contributed by atoms with Crippen molar-refractivity contribution >= 4 is 23.1 Å². The van der Waals surface area contributed by atoms with Crippen molar-refractivity contribution in [3.05, 3.63) is 35.0 Å². The molecule has 0 saturated heterocycles. The number of ether oxygens (including phenoxy) is 1. The number of carbonyl (C=O) groups excluding carboxylic acids is 1. The zero-order valence-corrected chi connectivity index (χ0v) is 13.2. The van der Waals surface area contributed by atoms with Crippen molar-refractivity contribution in [2.75, 3.05) is 14.2 Å². The van der Waals surface area contributed by atoms with Crippen LogP contribution in [0.5, 0.6) is 11.5 Å². The number of carbonyl (C=O) groups is 1. The Labute approximate surface area is 129 Å². The van der Waals surface area contributed by atoms with Gasteiger partial charge in [0, 0.05) is 18.3 Å². The second-order valence-electron chi connectivity index (χ2n) is 4.93. The van der Waals surface area contributed by atoms with Crippen LogP contribution in [-0.4, -0.2) is 35.1 Å². The lowest BCUT2D eigenvalue weighted by atomic mass is 9.92. The zero-order valence-electron chi connectivity index (χ0n) is 12.4. The number of methoxy groups -OCH3 is 1. The second kappa shape index (κ2) is 5.73. The molecule has 0 fully saturated rings. The molecule has 1 aliphatic heterocycles. The Bertz CT molecular complexity index is 640. The van der Waals surface area contributed by atoms with Gasteiger partial charge in [0.1, 0.15) is 0 Å². The highest BCUT2D eigenvalue weighted by Gasteiger charge is 2.30. The van der Waals surface area contributed by atoms with Gasteiger partial charge < -0.3 is 20.1 Å². The van der Waals surface area contributed by atoms with Crippen LogP contribution in [-0.2, 0) is 4.79 Å². The van der Waals surface area contributed by atoms with E-state index in [1.807, 2.05) is 14.0 Å². The fourth-order valence-electron chi connectivity index (χ4n) is 2.42. The molecule has 0 unspecified atom stereocenters. The van der Waals surface area contributed by atoms with Gasteiger partial charge in [0.2, 0.25) is 0 Å². The highest BCUT2D eigenvalue weighted by molar-refractivity contribution is 7.80. The lowest BCUT2D eigenvalue weighted by Crippen LogP contribution is -2.45. The van der Waals surface area contributed by atoms with Crippen LogP contribution in [0.15, 0.2) is 29.5 Å². The summed E-state index contributed by atoms with van der Waals surface area (Å²) in [7, 11) is 3.31. The van der Waals surface area contributed by atoms with Crippen molar-refractivity contribution in [2.45, 2.75) is 19.9 Å². The van der Waals surface area contributed by atoms with E-state index < -0.39 is 0 Å². The topological polar surface area (TPSA) is 61.8 Å². The van der Waals surface area contributed by atoms with Crippen LogP contribution in [0.3, 0.4) is 0 Å². The van der Waals surface area contributed by atoms with Crippen LogP contribution >= 0.6 is 12.2 Å². The van der Waals surface area contributed by atoms with Crippen molar-refractivity contribution in [3.63, 3.8) is 0 Å². The lowest BCUT2D eigenvalue weighted by Gasteiger charge is -2.35. The van der Waals surface area contributed by atoms with Gasteiger partial charge in [0.25, 0.3) is 0 Å². The van der Waals surface area contributed by atoms with Crippen molar-refractivity contribution in [2.24, 2.45) is 0 Å². The number of benzene rings is 1. The molecule has 1 aromatic rings. The number of ketones is 1. The van der Waals surface area contributed by atoms with Gasteiger partial charge in [-0.15, -0.1) is 0 Å². The van der Waals surface area contributed by atoms with E-state index >= 15 is 0 Å². The highest BCUT2D eigenvalue weighted by Crippen LogP contribution is 2.34. The van der Waals surface area contributed by atoms with E-state index in [4.69, 9.17) is 17.0 Å². The number of hydrogen-bond donors (Lipinski definition) is 2. The molecule has 1 heterocycles. The number of phenols is 1. The van der Waals surface area contributed by atoms with E-state index in [9.17, 15) is 9.90 Å². The van der Waals surface area contributed by atoms with E-state index in [0.717, 1.165) is 11.3 Å². The van der Waals surface area contributed by atoms with Crippen molar-refractivity contribution in [1.82, 2.24) is 10.2 Å². The van der Waals surface area contributed by atoms with E-state index in [2.05, 4.69) is 5.32 Å². The van der Waals surface area contributed by atoms with Gasteiger partial charge in [-0.2, -0.15) is 0 Å². The molecule has 2 N–H and O–H groups in total. The molecule has 0 saturated carbocycles. The molecule has 1 aliphatic rings. The molecule has 0 amide bonds. The first-order valence-electron chi connectivity index (χ1n) is 6.49. The second-order valence-corrected chi connectivity index (χ2v) is 5.31. The Kier molecular flexibility index (Phi) is 4.18. The Morgan fingerprint density at radius 3 is 2.71 bits per heavy atom. The third-order valence-corrected chi connectivity index (χ3v) is 4.06. The number of thiocarbonyl (C=S) groups is 1. The summed E-state index contributed by atoms with van der Waals surface area (Å²) in [5.74, 6) is 0.396. The van der Waals surface area contributed by atoms with Gasteiger partial charge in [-0.05, 0) is 43.8 Å². The molecule has 0 radical (unpaired) electrons. The first-order chi connectivity index (χ1) is 9.86. The Morgan fingerprint density at radius 1 is 1.48 bits per heavy atom. The van der Waals surface area contributed by atoms with Gasteiger partial charge in [-0.25, -0.2) is 0 Å². The van der Waals surface area contributed by atoms with Gasteiger partial charge >= 0.3 is 0 Å². The quantitative estimate of drug-likeness (QED) is 0.834. The predicted molar refractivity (Wildman–Crippen MR) is 84.3 cm³/mol. The SMILES string of the molecule is COc1cc([C@@H]2NC(=S)N(C)C(C)=C2C(C)=O)ccc1O. The summed E-state index contributed by atoms with van der Waals surface area (Å²) in [6, 6.07) is 4.65. The number of rotatable bonds is 3. The maximum Gasteiger partial charge on any atom is 0.173 e. The number of nitrogens with zero attached hydrogens (tertiary/aromatic N) is 1. The largest absolute Gasteiger partial charge is 0.504 e. The minimum atomic E-state index is -0.347. The Balaban J connectivity index is 2.55. The zero-order chi connectivity index (χ0) is 15.7. The summed E-state index contributed by atoms with van der Waals surface area (Å²) in [5, 5.41) is 13.4. The maximum absolute atomic E-state index is 12.0. The molecular formula is C15H18N2O3S. The normalized spacial score (nSPS) is 18.6. The van der Waals surface area contributed by atoms with E-state index in [1.54, 1.807) is 23.1 Å². The fourth-order valence-corrected chi connectivity index (χ4v) is 2.67. The number of Topliss-reactive ketones (excluding diaryl/α,β-unsaturated/α-hetero) is 1. The standard InChI is InChI=1S/C15H18N2O3S/c1-8-13(9(2)18)14(16-15(21)17(8)3)10-5-6-11(19)12(7-10)20-4/h5-7,14,19H,1-4H3,(H,16,21)/t14-/m0/s1. The average Bonchev–Trinajstić information content (AvgIpc) is 2.44. The van der Waals surface area contributed by atoms with Crippen LogP contribution in [0.25, 0.3) is 0 Å². The van der Waals surface area contributed by atoms with Crippen LogP contribution in [0.4, 0.5) is 0 Å². The summed E-state index contributed by atoms with van der Waals surface area (Å²) >= 11 is 5.30. The third-order valence-electron chi connectivity index (χ3n) is 3.67. The predicted octanol–water partition coefficient (Wildman–Crippen LogP) is 2.12. The molecule has 112 valence electrons. The summed E-state index contributed by atoms with van der Waals surface area (Å²) in [5.41, 5.74) is 2.28. The number of allylic oxidation sites excluding steroid dienone is 1. The first kappa shape index (κ1) is 15.3. The first-order valence-corrected chi connectivity index (χ1v) is 6.90. The number of hydrogen-bond acceptors (Lipinski definition) is 4. The van der Waals surface area contributed by atoms with Gasteiger partial charge in [-0.3, -0.25) is 4.79 Å². The number of phenolic OH excluding ortho intramolecular Hbond substituents is 1. The Hall–Kier alpha value is -2.08. The van der Waals surface area contributed by atoms with Crippen molar-refractivity contribution < 1.29 is 14.6 Å². The molecule has 6 heteroatoms. The van der Waals surface area contributed by atoms with E-state index in [0.29, 0.717) is 16.4 Å². The third kappa shape index (κ3) is 2.71. The van der Waals surface area contributed by atoms with Gasteiger partial charge in [0.15, 0.2) is 22.4 Å². The summed E-state index contributed by atoms with van der Waals surface area (Å²) < 4.78 is 5.12. The van der Waals surface area contributed by atoms with Crippen molar-refractivity contribution in [3.8, 4) is 11.5 Å². The average molecular weight is 306 g/mol. The van der Waals surface area contributed by atoms with Crippen LogP contribution in [0, 0.1) is 0 Å². The van der Waals surface area contributed by atoms with Crippen LogP contribution in [0.2, 0.25) is 0 Å². The Morgan fingerprint density at radius 2 is 2.14 bits per heavy atom. The molecule has 21 heavy (non-hydrogen) atoms. The molecule has 1 aromatic carbocycles. The lowest BCUT2D eigenvalue weighted by molar-refractivity contribution is -0.114. The fraction of sp³-hybridized carbons (Fsp3) is 0.333. The number of aromatic hydroxyl groups is 1. The minimum Gasteiger partial charge on any atom is -0.504 e. The van der Waals surface area contributed by atoms with E-state index in [-0.39, 0.29) is 17.6 Å². The van der Waals surface area contributed by atoms with Crippen molar-refractivity contribution in [1.29, 1.82) is 0 Å². The summed E-state index contributed by atoms with van der Waals surface area (Å²) in [6.45, 7) is 3.40. The summed E-state index contributed by atoms with van der Waals surface area (Å²) in [4.78, 5) is 13.8. The molecule has 5 nitrogen and oxygen atoms in total. The monoisotopic (exact) mass is 306 g/mol. The molecule has 0 bridgehead atoms. The molecule has 0 aliphatic carbocycles. The molecule has 0 aromatic heterocycles. The van der Waals surface area contributed by atoms with Gasteiger partial charge in [-0.1, -0.05) is 6.07 Å². The molecule has 2 rings (SSSR count). The van der Waals surface area contributed by atoms with Crippen LogP contribution < -0.4 is 10.1 Å². The van der Waals surface area contributed by atoms with Gasteiger partial charge in [0.05, 0.1) is 13.2 Å². The number of nitrogens with one attached hydrogen (secondary N) is 1. The minimum absolute atomic E-state index is 0.0219. The smallest absolute Gasteiger partial charge is 0.173 e. The molecule has 1 atom stereocenters. The van der Waals surface area contributed by atoms with E-state index in [1.165, 1.54) is 14.0 Å². The molecular weight excluding hydrogens is 288 g/mol. The summed E-state index contributed by atoms with van der Waals surface area (Å²) in [6.07, 6.45) is 0. The highest BCUT2D eigenvalue weighted by atomic mass is 32.1.